The molecule has 0 heterocycles. The Bertz CT molecular complexity index is 546. The number of benzene rings is 1. The van der Waals surface area contributed by atoms with Crippen molar-refractivity contribution < 1.29 is 19.4 Å². The van der Waals surface area contributed by atoms with Crippen LogP contribution >= 0.6 is 15.9 Å². The number of carbonyl (C=O) groups is 2. The Morgan fingerprint density at radius 2 is 1.91 bits per heavy atom. The van der Waals surface area contributed by atoms with Crippen LogP contribution in [0.3, 0.4) is 0 Å². The quantitative estimate of drug-likeness (QED) is 0.826. The van der Waals surface area contributed by atoms with Crippen molar-refractivity contribution >= 4 is 34.1 Å². The van der Waals surface area contributed by atoms with Crippen molar-refractivity contribution in [3.05, 3.63) is 40.4 Å². The van der Waals surface area contributed by atoms with Crippen molar-refractivity contribution in [2.45, 2.75) is 38.8 Å². The monoisotopic (exact) mass is 369 g/mol. The molecule has 1 amide bonds. The summed E-state index contributed by atoms with van der Waals surface area (Å²) in [6.45, 7) is 5.15. The summed E-state index contributed by atoms with van der Waals surface area (Å²) in [7, 11) is 0. The highest BCUT2D eigenvalue weighted by atomic mass is 79.9. The fourth-order valence-electron chi connectivity index (χ4n) is 1.59. The van der Waals surface area contributed by atoms with Gasteiger partial charge in [0.05, 0.1) is 0 Å². The zero-order valence-electron chi connectivity index (χ0n) is 12.8. The average Bonchev–Trinajstić information content (AvgIpc) is 2.37. The Morgan fingerprint density at radius 1 is 1.32 bits per heavy atom. The summed E-state index contributed by atoms with van der Waals surface area (Å²) >= 11 is 3.34. The molecule has 0 unspecified atom stereocenters. The Balaban J connectivity index is 2.59. The topological polar surface area (TPSA) is 75.6 Å². The standard InChI is InChI=1S/C16H20BrNO4/c1-16(2,3)22-15(21)18-13(14(19)20)6-4-5-11-7-9-12(17)10-8-11/h4-5,7-10,13H,6H2,1-3H3,(H,18,21)(H,19,20)/b5-4-/t13-/m0/s1. The number of aliphatic carboxylic acids is 1. The van der Waals surface area contributed by atoms with E-state index in [-0.39, 0.29) is 6.42 Å². The van der Waals surface area contributed by atoms with Gasteiger partial charge < -0.3 is 15.2 Å². The van der Waals surface area contributed by atoms with E-state index in [9.17, 15) is 9.59 Å². The number of nitrogens with one attached hydrogen (secondary N) is 1. The van der Waals surface area contributed by atoms with Gasteiger partial charge in [-0.2, -0.15) is 0 Å². The second-order valence-electron chi connectivity index (χ2n) is 5.73. The molecule has 2 N–H and O–H groups in total. The summed E-state index contributed by atoms with van der Waals surface area (Å²) in [5, 5.41) is 11.5. The van der Waals surface area contributed by atoms with E-state index in [0.29, 0.717) is 0 Å². The third kappa shape index (κ3) is 7.26. The fourth-order valence-corrected chi connectivity index (χ4v) is 1.85. The molecule has 0 spiro atoms. The van der Waals surface area contributed by atoms with Gasteiger partial charge in [-0.1, -0.05) is 40.2 Å². The molecule has 0 aliphatic heterocycles. The lowest BCUT2D eigenvalue weighted by atomic mass is 10.1. The van der Waals surface area contributed by atoms with E-state index in [1.54, 1.807) is 32.9 Å². The van der Waals surface area contributed by atoms with Crippen LogP contribution in [0, 0.1) is 0 Å². The van der Waals surface area contributed by atoms with E-state index < -0.39 is 23.7 Å². The van der Waals surface area contributed by atoms with Gasteiger partial charge in [0.2, 0.25) is 0 Å². The predicted octanol–water partition coefficient (Wildman–Crippen LogP) is 3.83. The van der Waals surface area contributed by atoms with Crippen LogP contribution in [0.5, 0.6) is 0 Å². The highest BCUT2D eigenvalue weighted by molar-refractivity contribution is 9.10. The maximum Gasteiger partial charge on any atom is 0.408 e. The number of rotatable bonds is 5. The molecule has 0 bridgehead atoms. The van der Waals surface area contributed by atoms with Gasteiger partial charge in [0.25, 0.3) is 0 Å². The normalized spacial score (nSPS) is 12.9. The molecule has 1 atom stereocenters. The number of carbonyl (C=O) groups excluding carboxylic acids is 1. The second-order valence-corrected chi connectivity index (χ2v) is 6.64. The first-order valence-corrected chi connectivity index (χ1v) is 7.61. The zero-order chi connectivity index (χ0) is 16.8. The molecule has 0 aromatic heterocycles. The lowest BCUT2D eigenvalue weighted by Crippen LogP contribution is -2.43. The summed E-state index contributed by atoms with van der Waals surface area (Å²) in [6.07, 6.45) is 2.94. The molecule has 0 aliphatic rings. The van der Waals surface area contributed by atoms with Crippen LogP contribution in [0.2, 0.25) is 0 Å². The fraction of sp³-hybridized carbons (Fsp3) is 0.375. The number of alkyl carbamates (subject to hydrolysis) is 1. The first-order valence-electron chi connectivity index (χ1n) is 6.82. The maximum absolute atomic E-state index is 11.6. The second kappa shape index (κ2) is 7.98. The van der Waals surface area contributed by atoms with Gasteiger partial charge in [-0.15, -0.1) is 0 Å². The van der Waals surface area contributed by atoms with Crippen LogP contribution in [-0.2, 0) is 9.53 Å². The number of carboxylic acids is 1. The Morgan fingerprint density at radius 3 is 2.41 bits per heavy atom. The molecule has 1 aromatic rings. The van der Waals surface area contributed by atoms with Crippen molar-refractivity contribution in [2.24, 2.45) is 0 Å². The van der Waals surface area contributed by atoms with Gasteiger partial charge in [-0.05, 0) is 44.9 Å². The van der Waals surface area contributed by atoms with Crippen molar-refractivity contribution in [1.82, 2.24) is 5.32 Å². The summed E-state index contributed by atoms with van der Waals surface area (Å²) in [6, 6.07) is 6.57. The van der Waals surface area contributed by atoms with Crippen molar-refractivity contribution in [1.29, 1.82) is 0 Å². The first-order chi connectivity index (χ1) is 10.2. The predicted molar refractivity (Wildman–Crippen MR) is 88.6 cm³/mol. The summed E-state index contributed by atoms with van der Waals surface area (Å²) in [5.74, 6) is -1.11. The third-order valence-corrected chi connectivity index (χ3v) is 3.07. The SMILES string of the molecule is CC(C)(C)OC(=O)N[C@@H](C/C=C\c1ccc(Br)cc1)C(=O)O. The Hall–Kier alpha value is -1.82. The lowest BCUT2D eigenvalue weighted by Gasteiger charge is -2.21. The Kier molecular flexibility index (Phi) is 6.61. The number of carboxylic acid groups (broad SMARTS) is 1. The largest absolute Gasteiger partial charge is 0.480 e. The van der Waals surface area contributed by atoms with Gasteiger partial charge in [0.1, 0.15) is 11.6 Å². The highest BCUT2D eigenvalue weighted by Crippen LogP contribution is 2.12. The number of amides is 1. The molecule has 0 saturated heterocycles. The van der Waals surface area contributed by atoms with Gasteiger partial charge in [0, 0.05) is 4.47 Å². The average molecular weight is 370 g/mol. The number of ether oxygens (including phenoxy) is 1. The van der Waals surface area contributed by atoms with Crippen LogP contribution in [0.1, 0.15) is 32.8 Å². The Labute approximate surface area is 138 Å². The molecule has 0 saturated carbocycles. The molecule has 120 valence electrons. The minimum atomic E-state index is -1.11. The number of hydrogen-bond donors (Lipinski definition) is 2. The van der Waals surface area contributed by atoms with E-state index in [1.165, 1.54) is 0 Å². The molecule has 0 radical (unpaired) electrons. The van der Waals surface area contributed by atoms with Crippen molar-refractivity contribution in [3.63, 3.8) is 0 Å². The number of halogens is 1. The van der Waals surface area contributed by atoms with E-state index in [4.69, 9.17) is 9.84 Å². The summed E-state index contributed by atoms with van der Waals surface area (Å²) in [4.78, 5) is 22.8. The zero-order valence-corrected chi connectivity index (χ0v) is 14.4. The molecule has 5 nitrogen and oxygen atoms in total. The van der Waals surface area contributed by atoms with Gasteiger partial charge in [-0.3, -0.25) is 0 Å². The smallest absolute Gasteiger partial charge is 0.408 e. The summed E-state index contributed by atoms with van der Waals surface area (Å²) in [5.41, 5.74) is 0.282. The van der Waals surface area contributed by atoms with Gasteiger partial charge in [0.15, 0.2) is 0 Å². The molecule has 1 aromatic carbocycles. The number of hydrogen-bond acceptors (Lipinski definition) is 3. The first kappa shape index (κ1) is 18.2. The third-order valence-electron chi connectivity index (χ3n) is 2.54. The van der Waals surface area contributed by atoms with E-state index in [2.05, 4.69) is 21.2 Å². The van der Waals surface area contributed by atoms with Gasteiger partial charge in [-0.25, -0.2) is 9.59 Å². The summed E-state index contributed by atoms with van der Waals surface area (Å²) < 4.78 is 6.03. The molecule has 0 fully saturated rings. The van der Waals surface area contributed by atoms with Crippen LogP contribution in [-0.4, -0.2) is 28.8 Å². The van der Waals surface area contributed by atoms with Crippen molar-refractivity contribution in [2.75, 3.05) is 0 Å². The highest BCUT2D eigenvalue weighted by Gasteiger charge is 2.22. The minimum absolute atomic E-state index is 0.171. The van der Waals surface area contributed by atoms with Crippen LogP contribution in [0.15, 0.2) is 34.8 Å². The van der Waals surface area contributed by atoms with Crippen LogP contribution < -0.4 is 5.32 Å². The molecule has 1 rings (SSSR count). The van der Waals surface area contributed by atoms with Crippen LogP contribution in [0.4, 0.5) is 4.79 Å². The molecule has 6 heteroatoms. The van der Waals surface area contributed by atoms with E-state index in [0.717, 1.165) is 10.0 Å². The van der Waals surface area contributed by atoms with Crippen LogP contribution in [0.25, 0.3) is 6.08 Å². The maximum atomic E-state index is 11.6. The van der Waals surface area contributed by atoms with Crippen molar-refractivity contribution in [3.8, 4) is 0 Å². The molecule has 22 heavy (non-hydrogen) atoms. The van der Waals surface area contributed by atoms with E-state index in [1.807, 2.05) is 24.3 Å². The molecule has 0 aliphatic carbocycles. The lowest BCUT2D eigenvalue weighted by molar-refractivity contribution is -0.139. The molecular weight excluding hydrogens is 350 g/mol. The van der Waals surface area contributed by atoms with Gasteiger partial charge >= 0.3 is 12.1 Å². The molecular formula is C16H20BrNO4. The minimum Gasteiger partial charge on any atom is -0.480 e. The van der Waals surface area contributed by atoms with E-state index >= 15 is 0 Å².